The van der Waals surface area contributed by atoms with Gasteiger partial charge in [0.05, 0.1) is 12.0 Å². The lowest BCUT2D eigenvalue weighted by molar-refractivity contribution is -0.0298. The van der Waals surface area contributed by atoms with E-state index in [9.17, 15) is 13.2 Å². The highest BCUT2D eigenvalue weighted by Crippen LogP contribution is 2.29. The molecule has 0 saturated carbocycles. The standard InChI is InChI=1S/C16H14F3N5O/c17-9-4-5-11(10(18)7-9)21-14-13-15(23-16(19)22-14)24(8-20-13)12-3-1-2-6-25-12/h4-5,7-8,12H,1-3,6H2,(H,21,22,23). The second kappa shape index (κ2) is 6.32. The van der Waals surface area contributed by atoms with Crippen molar-refractivity contribution in [1.29, 1.82) is 0 Å². The molecule has 1 aliphatic rings. The maximum atomic E-state index is 13.9. The Bertz CT molecular complexity index is 924. The minimum atomic E-state index is -0.977. The Morgan fingerprint density at radius 3 is 2.80 bits per heavy atom. The zero-order chi connectivity index (χ0) is 17.4. The summed E-state index contributed by atoms with van der Waals surface area (Å²) >= 11 is 0. The van der Waals surface area contributed by atoms with Crippen LogP contribution in [0.2, 0.25) is 0 Å². The lowest BCUT2D eigenvalue weighted by atomic mass is 10.2. The minimum absolute atomic E-state index is 0.00238. The first-order chi connectivity index (χ1) is 12.1. The second-order valence-electron chi connectivity index (χ2n) is 5.74. The van der Waals surface area contributed by atoms with Gasteiger partial charge in [-0.1, -0.05) is 0 Å². The molecule has 0 aliphatic carbocycles. The molecule has 0 amide bonds. The first-order valence-corrected chi connectivity index (χ1v) is 7.85. The van der Waals surface area contributed by atoms with E-state index in [0.29, 0.717) is 6.61 Å². The normalized spacial score (nSPS) is 17.8. The van der Waals surface area contributed by atoms with Crippen LogP contribution in [0.1, 0.15) is 25.5 Å². The third-order valence-corrected chi connectivity index (χ3v) is 4.04. The van der Waals surface area contributed by atoms with Crippen LogP contribution < -0.4 is 5.32 Å². The molecule has 4 rings (SSSR count). The van der Waals surface area contributed by atoms with Crippen LogP contribution in [0.4, 0.5) is 24.7 Å². The highest BCUT2D eigenvalue weighted by atomic mass is 19.1. The van der Waals surface area contributed by atoms with Crippen molar-refractivity contribution in [2.75, 3.05) is 11.9 Å². The number of ether oxygens (including phenoxy) is 1. The Labute approximate surface area is 140 Å². The number of hydrogen-bond donors (Lipinski definition) is 1. The highest BCUT2D eigenvalue weighted by molar-refractivity contribution is 5.85. The molecule has 0 radical (unpaired) electrons. The van der Waals surface area contributed by atoms with Gasteiger partial charge in [0.2, 0.25) is 0 Å². The van der Waals surface area contributed by atoms with Crippen LogP contribution in [0.3, 0.4) is 0 Å². The quantitative estimate of drug-likeness (QED) is 0.731. The molecule has 1 atom stereocenters. The first-order valence-electron chi connectivity index (χ1n) is 7.85. The van der Waals surface area contributed by atoms with Crippen molar-refractivity contribution in [3.63, 3.8) is 0 Å². The molecule has 2 aromatic heterocycles. The van der Waals surface area contributed by atoms with Gasteiger partial charge < -0.3 is 10.1 Å². The molecule has 6 nitrogen and oxygen atoms in total. The van der Waals surface area contributed by atoms with Crippen molar-refractivity contribution in [3.05, 3.63) is 42.2 Å². The first kappa shape index (κ1) is 15.8. The number of rotatable bonds is 3. The molecule has 1 N–H and O–H groups in total. The largest absolute Gasteiger partial charge is 0.358 e. The van der Waals surface area contributed by atoms with Crippen molar-refractivity contribution < 1.29 is 17.9 Å². The van der Waals surface area contributed by atoms with Gasteiger partial charge in [-0.2, -0.15) is 14.4 Å². The SMILES string of the molecule is Fc1ccc(Nc2nc(F)nc3c2ncn3C2CCCCO2)c(F)c1. The fourth-order valence-electron chi connectivity index (χ4n) is 2.85. The smallest absolute Gasteiger partial charge is 0.312 e. The van der Waals surface area contributed by atoms with Gasteiger partial charge in [-0.25, -0.2) is 13.8 Å². The van der Waals surface area contributed by atoms with Crippen LogP contribution in [-0.2, 0) is 4.74 Å². The maximum Gasteiger partial charge on any atom is 0.312 e. The number of hydrogen-bond acceptors (Lipinski definition) is 5. The zero-order valence-electron chi connectivity index (χ0n) is 13.0. The van der Waals surface area contributed by atoms with Crippen LogP contribution in [0.5, 0.6) is 0 Å². The Morgan fingerprint density at radius 1 is 1.16 bits per heavy atom. The number of benzene rings is 1. The molecule has 0 spiro atoms. The third-order valence-electron chi connectivity index (χ3n) is 4.04. The molecule has 130 valence electrons. The van der Waals surface area contributed by atoms with Gasteiger partial charge in [0.25, 0.3) is 0 Å². The van der Waals surface area contributed by atoms with Gasteiger partial charge in [0.15, 0.2) is 17.0 Å². The molecule has 1 fully saturated rings. The lowest BCUT2D eigenvalue weighted by Crippen LogP contribution is -2.18. The second-order valence-corrected chi connectivity index (χ2v) is 5.74. The van der Waals surface area contributed by atoms with Crippen molar-refractivity contribution in [2.24, 2.45) is 0 Å². The van der Waals surface area contributed by atoms with Gasteiger partial charge in [-0.15, -0.1) is 0 Å². The summed E-state index contributed by atoms with van der Waals surface area (Å²) in [6.45, 7) is 0.615. The number of anilines is 2. The summed E-state index contributed by atoms with van der Waals surface area (Å²) in [5.74, 6) is -1.52. The van der Waals surface area contributed by atoms with E-state index in [0.717, 1.165) is 31.4 Å². The Hall–Kier alpha value is -2.68. The van der Waals surface area contributed by atoms with Crippen LogP contribution in [0.25, 0.3) is 11.2 Å². The van der Waals surface area contributed by atoms with E-state index < -0.39 is 17.7 Å². The molecule has 25 heavy (non-hydrogen) atoms. The van der Waals surface area contributed by atoms with Gasteiger partial charge in [0.1, 0.15) is 17.9 Å². The molecule has 3 heterocycles. The Morgan fingerprint density at radius 2 is 2.04 bits per heavy atom. The molecule has 1 aliphatic heterocycles. The summed E-state index contributed by atoms with van der Waals surface area (Å²) in [7, 11) is 0. The summed E-state index contributed by atoms with van der Waals surface area (Å²) in [5.41, 5.74) is 0.494. The number of aromatic nitrogens is 4. The van der Waals surface area contributed by atoms with Crippen molar-refractivity contribution in [2.45, 2.75) is 25.5 Å². The van der Waals surface area contributed by atoms with E-state index in [1.165, 1.54) is 12.4 Å². The average Bonchev–Trinajstić information content (AvgIpc) is 3.02. The fourth-order valence-corrected chi connectivity index (χ4v) is 2.85. The fraction of sp³-hybridized carbons (Fsp3) is 0.312. The summed E-state index contributed by atoms with van der Waals surface area (Å²) in [4.78, 5) is 11.7. The Kier molecular flexibility index (Phi) is 4.00. The molecule has 1 unspecified atom stereocenters. The van der Waals surface area contributed by atoms with Crippen molar-refractivity contribution in [3.8, 4) is 0 Å². The van der Waals surface area contributed by atoms with Gasteiger partial charge in [0, 0.05) is 12.7 Å². The third kappa shape index (κ3) is 3.02. The van der Waals surface area contributed by atoms with Crippen LogP contribution in [0, 0.1) is 17.7 Å². The molecular weight excluding hydrogens is 335 g/mol. The lowest BCUT2D eigenvalue weighted by Gasteiger charge is -2.23. The maximum absolute atomic E-state index is 13.9. The van der Waals surface area contributed by atoms with E-state index in [1.54, 1.807) is 4.57 Å². The summed E-state index contributed by atoms with van der Waals surface area (Å²) in [5, 5.41) is 2.65. The summed E-state index contributed by atoms with van der Waals surface area (Å²) in [6.07, 6.45) is 2.99. The average molecular weight is 349 g/mol. The predicted octanol–water partition coefficient (Wildman–Crippen LogP) is 3.69. The van der Waals surface area contributed by atoms with E-state index in [-0.39, 0.29) is 28.9 Å². The van der Waals surface area contributed by atoms with Gasteiger partial charge >= 0.3 is 6.08 Å². The van der Waals surface area contributed by atoms with Crippen LogP contribution >= 0.6 is 0 Å². The monoisotopic (exact) mass is 349 g/mol. The number of nitrogens with one attached hydrogen (secondary N) is 1. The van der Waals surface area contributed by atoms with Crippen molar-refractivity contribution in [1.82, 2.24) is 19.5 Å². The molecular formula is C16H14F3N5O. The van der Waals surface area contributed by atoms with E-state index in [2.05, 4.69) is 20.3 Å². The minimum Gasteiger partial charge on any atom is -0.358 e. The Balaban J connectivity index is 1.75. The van der Waals surface area contributed by atoms with Gasteiger partial charge in [-0.05, 0) is 31.4 Å². The number of imidazole rings is 1. The molecule has 3 aromatic rings. The zero-order valence-corrected chi connectivity index (χ0v) is 13.0. The number of halogens is 3. The number of fused-ring (bicyclic) bond motifs is 1. The van der Waals surface area contributed by atoms with Gasteiger partial charge in [-0.3, -0.25) is 4.57 Å². The molecule has 9 heteroatoms. The van der Waals surface area contributed by atoms with E-state index >= 15 is 0 Å². The van der Waals surface area contributed by atoms with Crippen LogP contribution in [-0.4, -0.2) is 26.1 Å². The summed E-state index contributed by atoms with van der Waals surface area (Å²) < 4.78 is 48.1. The molecule has 1 aromatic carbocycles. The molecule has 0 bridgehead atoms. The predicted molar refractivity (Wildman–Crippen MR) is 83.8 cm³/mol. The topological polar surface area (TPSA) is 64.9 Å². The van der Waals surface area contributed by atoms with E-state index in [1.807, 2.05) is 0 Å². The van der Waals surface area contributed by atoms with E-state index in [4.69, 9.17) is 4.74 Å². The molecule has 1 saturated heterocycles. The van der Waals surface area contributed by atoms with Crippen LogP contribution in [0.15, 0.2) is 24.5 Å². The van der Waals surface area contributed by atoms with Crippen molar-refractivity contribution >= 4 is 22.7 Å². The number of nitrogens with zero attached hydrogens (tertiary/aromatic N) is 4. The highest BCUT2D eigenvalue weighted by Gasteiger charge is 2.21. The summed E-state index contributed by atoms with van der Waals surface area (Å²) in [6, 6.07) is 3.03.